The Morgan fingerprint density at radius 2 is 1.92 bits per heavy atom. The number of morpholine rings is 1. The highest BCUT2D eigenvalue weighted by molar-refractivity contribution is 7.99. The number of carbonyl (C=O) groups excluding carboxylic acids is 2. The van der Waals surface area contributed by atoms with Gasteiger partial charge in [0.2, 0.25) is 5.91 Å². The summed E-state index contributed by atoms with van der Waals surface area (Å²) in [5, 5.41) is 13.1. The van der Waals surface area contributed by atoms with E-state index in [1.165, 1.54) is 28.0 Å². The third kappa shape index (κ3) is 6.06. The van der Waals surface area contributed by atoms with Gasteiger partial charge in [-0.1, -0.05) is 30.0 Å². The molecule has 1 aliphatic heterocycles. The van der Waals surface area contributed by atoms with Crippen LogP contribution in [0.15, 0.2) is 35.5 Å². The van der Waals surface area contributed by atoms with Crippen LogP contribution in [-0.2, 0) is 33.7 Å². The molecule has 1 aliphatic carbocycles. The van der Waals surface area contributed by atoms with Crippen LogP contribution < -0.4 is 5.32 Å². The molecule has 0 saturated carbocycles. The molecule has 11 heteroatoms. The number of nitrogens with zero attached hydrogens (tertiary/aromatic N) is 4. The van der Waals surface area contributed by atoms with Crippen molar-refractivity contribution in [2.24, 2.45) is 0 Å². The number of hydrogen-bond acceptors (Lipinski definition) is 9. The van der Waals surface area contributed by atoms with Crippen molar-refractivity contribution in [2.75, 3.05) is 44.0 Å². The number of para-hydroxylation sites is 1. The van der Waals surface area contributed by atoms with Crippen molar-refractivity contribution in [3.8, 4) is 5.69 Å². The molecule has 2 aromatic heterocycles. The van der Waals surface area contributed by atoms with E-state index < -0.39 is 0 Å². The summed E-state index contributed by atoms with van der Waals surface area (Å²) >= 11 is 2.83. The topological polar surface area (TPSA) is 98.6 Å². The highest BCUT2D eigenvalue weighted by atomic mass is 32.2. The molecular formula is C26H31N5O4S2. The van der Waals surface area contributed by atoms with Gasteiger partial charge in [-0.3, -0.25) is 14.3 Å². The van der Waals surface area contributed by atoms with Gasteiger partial charge >= 0.3 is 5.97 Å². The Bertz CT molecular complexity index is 1240. The van der Waals surface area contributed by atoms with Crippen LogP contribution in [0.25, 0.3) is 5.69 Å². The summed E-state index contributed by atoms with van der Waals surface area (Å²) in [6.07, 6.45) is 3.92. The quantitative estimate of drug-likeness (QED) is 0.321. The Kier molecular flexibility index (Phi) is 8.55. The maximum Gasteiger partial charge on any atom is 0.341 e. The predicted octanol–water partition coefficient (Wildman–Crippen LogP) is 3.95. The molecule has 2 aliphatic rings. The van der Waals surface area contributed by atoms with E-state index >= 15 is 0 Å². The Morgan fingerprint density at radius 1 is 1.14 bits per heavy atom. The highest BCUT2D eigenvalue weighted by Crippen LogP contribution is 2.38. The summed E-state index contributed by atoms with van der Waals surface area (Å²) in [4.78, 5) is 29.2. The summed E-state index contributed by atoms with van der Waals surface area (Å²) in [6, 6.07) is 9.95. The van der Waals surface area contributed by atoms with Crippen LogP contribution in [0.5, 0.6) is 0 Å². The number of anilines is 1. The molecule has 3 aromatic rings. The zero-order valence-corrected chi connectivity index (χ0v) is 22.5. The maximum absolute atomic E-state index is 13.0. The summed E-state index contributed by atoms with van der Waals surface area (Å²) in [5.74, 6) is 0.423. The van der Waals surface area contributed by atoms with Crippen LogP contribution in [0.4, 0.5) is 5.00 Å². The fourth-order valence-corrected chi connectivity index (χ4v) is 6.72. The third-order valence-electron chi connectivity index (χ3n) is 6.42. The van der Waals surface area contributed by atoms with Crippen molar-refractivity contribution in [3.63, 3.8) is 0 Å². The molecule has 1 fully saturated rings. The molecule has 0 radical (unpaired) electrons. The number of aromatic nitrogens is 3. The second-order valence-electron chi connectivity index (χ2n) is 8.93. The van der Waals surface area contributed by atoms with Gasteiger partial charge in [0.05, 0.1) is 37.7 Å². The van der Waals surface area contributed by atoms with Gasteiger partial charge in [-0.25, -0.2) is 4.79 Å². The number of hydrogen-bond donors (Lipinski definition) is 1. The standard InChI is InChI=1S/C26H31N5O4S2/c1-2-35-25(33)23-19-10-6-7-11-20(19)37-24(23)27-22(32)17-36-26-29-28-21(16-30-12-14-34-15-13-30)31(26)18-8-4-3-5-9-18/h3-5,8-9H,2,6-7,10-17H2,1H3,(H,27,32). The predicted molar refractivity (Wildman–Crippen MR) is 144 cm³/mol. The average Bonchev–Trinajstić information content (AvgIpc) is 3.49. The van der Waals surface area contributed by atoms with Gasteiger partial charge in [-0.05, 0) is 50.3 Å². The lowest BCUT2D eigenvalue weighted by Crippen LogP contribution is -2.36. The number of benzene rings is 1. The number of esters is 1. The van der Waals surface area contributed by atoms with Gasteiger partial charge < -0.3 is 14.8 Å². The van der Waals surface area contributed by atoms with E-state index in [-0.39, 0.29) is 17.6 Å². The van der Waals surface area contributed by atoms with Crippen molar-refractivity contribution < 1.29 is 19.1 Å². The summed E-state index contributed by atoms with van der Waals surface area (Å²) in [7, 11) is 0. The fraction of sp³-hybridized carbons (Fsp3) is 0.462. The van der Waals surface area contributed by atoms with Crippen LogP contribution in [0.1, 0.15) is 46.4 Å². The van der Waals surface area contributed by atoms with E-state index in [0.29, 0.717) is 42.1 Å². The van der Waals surface area contributed by atoms with Crippen LogP contribution in [0, 0.1) is 0 Å². The summed E-state index contributed by atoms with van der Waals surface area (Å²) in [5.41, 5.74) is 2.52. The monoisotopic (exact) mass is 541 g/mol. The first-order valence-electron chi connectivity index (χ1n) is 12.7. The van der Waals surface area contributed by atoms with Gasteiger partial charge in [-0.15, -0.1) is 21.5 Å². The van der Waals surface area contributed by atoms with Crippen molar-refractivity contribution in [2.45, 2.75) is 44.3 Å². The second kappa shape index (κ2) is 12.2. The lowest BCUT2D eigenvalue weighted by atomic mass is 9.95. The third-order valence-corrected chi connectivity index (χ3v) is 8.56. The van der Waals surface area contributed by atoms with Crippen molar-refractivity contribution >= 4 is 40.0 Å². The van der Waals surface area contributed by atoms with Crippen molar-refractivity contribution in [1.82, 2.24) is 19.7 Å². The van der Waals surface area contributed by atoms with Crippen LogP contribution in [0.3, 0.4) is 0 Å². The van der Waals surface area contributed by atoms with Crippen LogP contribution in [-0.4, -0.2) is 70.2 Å². The van der Waals surface area contributed by atoms with Gasteiger partial charge in [0.1, 0.15) is 5.00 Å². The van der Waals surface area contributed by atoms with Crippen molar-refractivity contribution in [1.29, 1.82) is 0 Å². The molecule has 0 spiro atoms. The number of fused-ring (bicyclic) bond motifs is 1. The molecule has 0 unspecified atom stereocenters. The van der Waals surface area contributed by atoms with Gasteiger partial charge in [0.25, 0.3) is 0 Å². The number of carbonyl (C=O) groups is 2. The number of thiophene rings is 1. The van der Waals surface area contributed by atoms with E-state index in [4.69, 9.17) is 9.47 Å². The van der Waals surface area contributed by atoms with E-state index in [9.17, 15) is 9.59 Å². The number of thioether (sulfide) groups is 1. The zero-order chi connectivity index (χ0) is 25.6. The number of amides is 1. The van der Waals surface area contributed by atoms with E-state index in [1.807, 2.05) is 34.9 Å². The normalized spacial score (nSPS) is 15.8. The number of ether oxygens (including phenoxy) is 2. The van der Waals surface area contributed by atoms with E-state index in [2.05, 4.69) is 20.4 Å². The minimum absolute atomic E-state index is 0.146. The zero-order valence-electron chi connectivity index (χ0n) is 20.9. The molecule has 37 heavy (non-hydrogen) atoms. The fourth-order valence-electron chi connectivity index (χ4n) is 4.66. The second-order valence-corrected chi connectivity index (χ2v) is 11.0. The van der Waals surface area contributed by atoms with E-state index in [1.54, 1.807) is 6.92 Å². The Labute approximate surface area is 224 Å². The molecule has 1 saturated heterocycles. The molecular weight excluding hydrogens is 510 g/mol. The van der Waals surface area contributed by atoms with Gasteiger partial charge in [0, 0.05) is 23.7 Å². The van der Waals surface area contributed by atoms with E-state index in [0.717, 1.165) is 55.8 Å². The number of aryl methyl sites for hydroxylation is 1. The SMILES string of the molecule is CCOC(=O)c1c(NC(=O)CSc2nnc(CN3CCOCC3)n2-c2ccccc2)sc2c1CCCC2. The average molecular weight is 542 g/mol. The first-order valence-corrected chi connectivity index (χ1v) is 14.5. The first kappa shape index (κ1) is 25.9. The molecule has 1 N–H and O–H groups in total. The molecule has 196 valence electrons. The highest BCUT2D eigenvalue weighted by Gasteiger charge is 2.27. The lowest BCUT2D eigenvalue weighted by molar-refractivity contribution is -0.113. The molecule has 3 heterocycles. The molecule has 1 aromatic carbocycles. The van der Waals surface area contributed by atoms with Crippen molar-refractivity contribution in [3.05, 3.63) is 52.2 Å². The number of nitrogens with one attached hydrogen (secondary N) is 1. The van der Waals surface area contributed by atoms with Gasteiger partial charge in [0.15, 0.2) is 11.0 Å². The Morgan fingerprint density at radius 3 is 2.70 bits per heavy atom. The smallest absolute Gasteiger partial charge is 0.341 e. The summed E-state index contributed by atoms with van der Waals surface area (Å²) in [6.45, 7) is 5.86. The van der Waals surface area contributed by atoms with Gasteiger partial charge in [-0.2, -0.15) is 0 Å². The summed E-state index contributed by atoms with van der Waals surface area (Å²) < 4.78 is 12.8. The largest absolute Gasteiger partial charge is 0.462 e. The maximum atomic E-state index is 13.0. The minimum atomic E-state index is -0.360. The van der Waals surface area contributed by atoms with Crippen LogP contribution in [0.2, 0.25) is 0 Å². The minimum Gasteiger partial charge on any atom is -0.462 e. The molecule has 1 amide bonds. The molecule has 0 bridgehead atoms. The lowest BCUT2D eigenvalue weighted by Gasteiger charge is -2.26. The molecule has 5 rings (SSSR count). The number of rotatable bonds is 9. The molecule has 9 nitrogen and oxygen atoms in total. The van der Waals surface area contributed by atoms with Crippen LogP contribution >= 0.6 is 23.1 Å². The Hall–Kier alpha value is -2.73. The Balaban J connectivity index is 1.32. The molecule has 0 atom stereocenters. The first-order chi connectivity index (χ1) is 18.1.